The number of anilines is 1. The van der Waals surface area contributed by atoms with Gasteiger partial charge in [0.15, 0.2) is 0 Å². The summed E-state index contributed by atoms with van der Waals surface area (Å²) in [6.07, 6.45) is 6.79. The van der Waals surface area contributed by atoms with E-state index in [1.807, 2.05) is 26.8 Å². The third kappa shape index (κ3) is 5.38. The van der Waals surface area contributed by atoms with E-state index in [4.69, 9.17) is 21.1 Å². The second-order valence-corrected chi connectivity index (χ2v) is 12.4. The molecule has 4 heterocycles. The molecule has 4 aliphatic rings. The number of aliphatic hydroxyl groups excluding tert-OH is 1. The van der Waals surface area contributed by atoms with Gasteiger partial charge in [-0.15, -0.1) is 0 Å². The van der Waals surface area contributed by atoms with Gasteiger partial charge in [-0.25, -0.2) is 0 Å². The molecular formula is C32H40ClN3O7. The molecule has 43 heavy (non-hydrogen) atoms. The van der Waals surface area contributed by atoms with Crippen LogP contribution in [-0.2, 0) is 28.7 Å². The molecule has 0 bridgehead atoms. The lowest BCUT2D eigenvalue weighted by atomic mass is 9.78. The Balaban J connectivity index is 1.66. The number of allylic oxidation sites excluding steroid dienone is 1. The normalized spacial score (nSPS) is 33.3. The number of benzene rings is 1. The van der Waals surface area contributed by atoms with Crippen LogP contribution >= 0.6 is 11.6 Å². The van der Waals surface area contributed by atoms with E-state index in [0.717, 1.165) is 5.56 Å². The molecule has 2 saturated heterocycles. The zero-order valence-electron chi connectivity index (χ0n) is 25.0. The van der Waals surface area contributed by atoms with Gasteiger partial charge < -0.3 is 29.7 Å². The van der Waals surface area contributed by atoms with Crippen LogP contribution < -0.4 is 10.2 Å². The zero-order valence-corrected chi connectivity index (χ0v) is 25.8. The number of rotatable bonds is 5. The molecule has 3 amide bonds. The van der Waals surface area contributed by atoms with Crippen molar-refractivity contribution in [1.29, 1.82) is 0 Å². The second kappa shape index (κ2) is 12.4. The fourth-order valence-corrected chi connectivity index (χ4v) is 7.26. The Morgan fingerprint density at radius 3 is 2.65 bits per heavy atom. The van der Waals surface area contributed by atoms with Gasteiger partial charge in [-0.05, 0) is 37.8 Å². The minimum Gasteiger partial charge on any atom is -0.460 e. The molecule has 2 N–H and O–H groups in total. The van der Waals surface area contributed by atoms with Gasteiger partial charge in [-0.3, -0.25) is 19.2 Å². The molecule has 10 nitrogen and oxygen atoms in total. The summed E-state index contributed by atoms with van der Waals surface area (Å²) in [6.45, 7) is 7.37. The van der Waals surface area contributed by atoms with Crippen molar-refractivity contribution in [1.82, 2.24) is 10.2 Å². The number of halogens is 1. The van der Waals surface area contributed by atoms with E-state index >= 15 is 0 Å². The van der Waals surface area contributed by atoms with E-state index in [1.54, 1.807) is 48.3 Å². The number of nitrogens with one attached hydrogen (secondary N) is 1. The standard InChI is InChI=1S/C32H40ClN3O7/c1-5-18(2)22(17-37)36-28-30(40)35(27-19(3)10-8-11-21(27)33)15-9-14-32(28)26(29(36)39)25-23(43-32)12-6-7-13-24(38)34-16-20(4)42-31(25)41/h6,8-12,14,18,20,22-23,25-26,28,37H,5,7,13,15-17H2,1-4H3,(H,34,38)/b12-6-/t18-,20+,22-,23+,25-,26-,28+,32-/m0/s1. The number of likely N-dealkylation sites (tertiary alicyclic amines) is 1. The molecule has 0 saturated carbocycles. The molecule has 8 atom stereocenters. The average Bonchev–Trinajstić information content (AvgIpc) is 3.36. The number of esters is 1. The first kappa shape index (κ1) is 31.2. The highest BCUT2D eigenvalue weighted by Crippen LogP contribution is 2.54. The van der Waals surface area contributed by atoms with Crippen LogP contribution in [0.4, 0.5) is 5.69 Å². The summed E-state index contributed by atoms with van der Waals surface area (Å²) in [5.74, 6) is -3.91. The number of cyclic esters (lactones) is 1. The van der Waals surface area contributed by atoms with Gasteiger partial charge in [0, 0.05) is 13.0 Å². The summed E-state index contributed by atoms with van der Waals surface area (Å²) in [7, 11) is 0. The van der Waals surface area contributed by atoms with Crippen LogP contribution in [0.15, 0.2) is 42.5 Å². The molecule has 1 spiro atoms. The number of hydrogen-bond acceptors (Lipinski definition) is 7. The molecule has 4 aliphatic heterocycles. The summed E-state index contributed by atoms with van der Waals surface area (Å²) < 4.78 is 12.5. The maximum Gasteiger partial charge on any atom is 0.313 e. The Bertz CT molecular complexity index is 1330. The quantitative estimate of drug-likeness (QED) is 0.386. The van der Waals surface area contributed by atoms with Crippen LogP contribution in [0.5, 0.6) is 0 Å². The number of nitrogens with zero attached hydrogens (tertiary/aromatic N) is 2. The van der Waals surface area contributed by atoms with Gasteiger partial charge in [0.2, 0.25) is 11.8 Å². The van der Waals surface area contributed by atoms with Crippen LogP contribution in [0.3, 0.4) is 0 Å². The van der Waals surface area contributed by atoms with Crippen LogP contribution in [0, 0.1) is 24.7 Å². The number of para-hydroxylation sites is 1. The fraction of sp³-hybridized carbons (Fsp3) is 0.562. The Labute approximate surface area is 257 Å². The number of aliphatic hydroxyl groups is 1. The number of amides is 3. The molecular weight excluding hydrogens is 574 g/mol. The van der Waals surface area contributed by atoms with E-state index in [9.17, 15) is 24.3 Å². The van der Waals surface area contributed by atoms with Crippen LogP contribution in [0.1, 0.15) is 45.6 Å². The highest BCUT2D eigenvalue weighted by atomic mass is 35.5. The molecule has 0 radical (unpaired) electrons. The number of aryl methyl sites for hydroxylation is 1. The minimum absolute atomic E-state index is 0.135. The number of hydrogen-bond donors (Lipinski definition) is 2. The van der Waals surface area contributed by atoms with Gasteiger partial charge in [0.05, 0.1) is 41.9 Å². The van der Waals surface area contributed by atoms with E-state index < -0.39 is 59.5 Å². The SMILES string of the molecule is CC[C@H](C)[C@H](CO)N1C(=O)[C@@H]2[C@H]3C(=O)O[C@H](C)CNC(=O)CC/C=C\[C@H]3O[C@@]23C=CCN(c2c(C)cccc2Cl)C(=O)[C@@H]13. The largest absolute Gasteiger partial charge is 0.460 e. The van der Waals surface area contributed by atoms with Crippen molar-refractivity contribution in [3.63, 3.8) is 0 Å². The summed E-state index contributed by atoms with van der Waals surface area (Å²) in [6, 6.07) is 3.52. The highest BCUT2D eigenvalue weighted by Gasteiger charge is 2.72. The lowest BCUT2D eigenvalue weighted by Gasteiger charge is -2.40. The lowest BCUT2D eigenvalue weighted by Crippen LogP contribution is -2.59. The lowest BCUT2D eigenvalue weighted by molar-refractivity contribution is -0.159. The Kier molecular flexibility index (Phi) is 9.02. The second-order valence-electron chi connectivity index (χ2n) is 12.0. The Morgan fingerprint density at radius 2 is 1.95 bits per heavy atom. The number of fused-ring (bicyclic) bond motifs is 2. The van der Waals surface area contributed by atoms with Crippen molar-refractivity contribution < 1.29 is 33.8 Å². The number of ether oxygens (including phenoxy) is 2. The molecule has 0 aliphatic carbocycles. The first-order valence-electron chi connectivity index (χ1n) is 15.0. The molecule has 1 aromatic rings. The van der Waals surface area contributed by atoms with Crippen LogP contribution in [-0.4, -0.2) is 83.3 Å². The van der Waals surface area contributed by atoms with Crippen molar-refractivity contribution in [2.24, 2.45) is 17.8 Å². The maximum absolute atomic E-state index is 14.8. The predicted molar refractivity (Wildman–Crippen MR) is 160 cm³/mol. The third-order valence-corrected chi connectivity index (χ3v) is 9.58. The number of carbonyl (C=O) groups is 4. The molecule has 232 valence electrons. The van der Waals surface area contributed by atoms with Crippen LogP contribution in [0.2, 0.25) is 5.02 Å². The van der Waals surface area contributed by atoms with Gasteiger partial charge in [0.25, 0.3) is 5.91 Å². The first-order chi connectivity index (χ1) is 20.5. The van der Waals surface area contributed by atoms with Crippen molar-refractivity contribution >= 4 is 41.0 Å². The van der Waals surface area contributed by atoms with E-state index in [0.29, 0.717) is 23.6 Å². The molecule has 0 aromatic heterocycles. The van der Waals surface area contributed by atoms with Gasteiger partial charge in [-0.1, -0.05) is 68.3 Å². The summed E-state index contributed by atoms with van der Waals surface area (Å²) in [5, 5.41) is 13.8. The molecule has 11 heteroatoms. The molecule has 5 rings (SSSR count). The van der Waals surface area contributed by atoms with E-state index in [2.05, 4.69) is 5.32 Å². The maximum atomic E-state index is 14.8. The first-order valence-corrected chi connectivity index (χ1v) is 15.4. The van der Waals surface area contributed by atoms with E-state index in [-0.39, 0.29) is 37.9 Å². The zero-order chi connectivity index (χ0) is 31.1. The van der Waals surface area contributed by atoms with Crippen molar-refractivity contribution in [2.75, 3.05) is 24.6 Å². The van der Waals surface area contributed by atoms with Crippen molar-refractivity contribution in [3.05, 3.63) is 53.1 Å². The molecule has 0 unspecified atom stereocenters. The predicted octanol–water partition coefficient (Wildman–Crippen LogP) is 2.94. The van der Waals surface area contributed by atoms with Crippen molar-refractivity contribution in [2.45, 2.75) is 76.9 Å². The van der Waals surface area contributed by atoms with Gasteiger partial charge >= 0.3 is 5.97 Å². The summed E-state index contributed by atoms with van der Waals surface area (Å²) in [4.78, 5) is 58.4. The molecule has 2 fully saturated rings. The Morgan fingerprint density at radius 1 is 1.19 bits per heavy atom. The van der Waals surface area contributed by atoms with E-state index in [1.165, 1.54) is 4.90 Å². The number of carbonyl (C=O) groups excluding carboxylic acids is 4. The van der Waals surface area contributed by atoms with Gasteiger partial charge in [0.1, 0.15) is 23.7 Å². The minimum atomic E-state index is -1.50. The highest BCUT2D eigenvalue weighted by molar-refractivity contribution is 6.34. The summed E-state index contributed by atoms with van der Waals surface area (Å²) in [5.41, 5.74) is -0.184. The summed E-state index contributed by atoms with van der Waals surface area (Å²) >= 11 is 6.63. The topological polar surface area (TPSA) is 125 Å². The average molecular weight is 614 g/mol. The fourth-order valence-electron chi connectivity index (χ4n) is 6.94. The van der Waals surface area contributed by atoms with Crippen LogP contribution in [0.25, 0.3) is 0 Å². The molecule has 1 aromatic carbocycles. The third-order valence-electron chi connectivity index (χ3n) is 9.28. The monoisotopic (exact) mass is 613 g/mol. The van der Waals surface area contributed by atoms with Crippen molar-refractivity contribution in [3.8, 4) is 0 Å². The Hall–Kier alpha value is -3.21. The smallest absolute Gasteiger partial charge is 0.313 e. The van der Waals surface area contributed by atoms with Gasteiger partial charge in [-0.2, -0.15) is 0 Å².